The number of benzene rings is 1. The molecule has 2 amide bonds. The van der Waals surface area contributed by atoms with Gasteiger partial charge in [-0.05, 0) is 57.6 Å². The van der Waals surface area contributed by atoms with Crippen molar-refractivity contribution >= 4 is 23.6 Å². The molecule has 1 unspecified atom stereocenters. The highest BCUT2D eigenvalue weighted by molar-refractivity contribution is 7.98. The van der Waals surface area contributed by atoms with Gasteiger partial charge in [0.05, 0.1) is 0 Å². The van der Waals surface area contributed by atoms with E-state index in [0.29, 0.717) is 18.5 Å². The minimum Gasteiger partial charge on any atom is -0.354 e. The number of hydrogen-bond acceptors (Lipinski definition) is 4. The lowest BCUT2D eigenvalue weighted by molar-refractivity contribution is -0.123. The first-order valence-electron chi connectivity index (χ1n) is 7.82. The molecule has 1 atom stereocenters. The van der Waals surface area contributed by atoms with Gasteiger partial charge in [0.15, 0.2) is 0 Å². The zero-order chi connectivity index (χ0) is 17.1. The molecule has 1 aromatic carbocycles. The minimum absolute atomic E-state index is 0.109. The summed E-state index contributed by atoms with van der Waals surface area (Å²) in [7, 11) is 4.01. The fourth-order valence-corrected chi connectivity index (χ4v) is 2.54. The third-order valence-electron chi connectivity index (χ3n) is 3.35. The van der Waals surface area contributed by atoms with Crippen LogP contribution in [0.25, 0.3) is 0 Å². The van der Waals surface area contributed by atoms with Crippen molar-refractivity contribution in [1.29, 1.82) is 0 Å². The van der Waals surface area contributed by atoms with Crippen LogP contribution in [0.15, 0.2) is 30.3 Å². The molecule has 0 saturated heterocycles. The maximum atomic E-state index is 12.3. The largest absolute Gasteiger partial charge is 0.354 e. The van der Waals surface area contributed by atoms with E-state index in [1.54, 1.807) is 23.9 Å². The number of rotatable bonds is 10. The van der Waals surface area contributed by atoms with Gasteiger partial charge >= 0.3 is 0 Å². The molecule has 1 aromatic rings. The predicted molar refractivity (Wildman–Crippen MR) is 96.9 cm³/mol. The third kappa shape index (κ3) is 8.04. The first-order chi connectivity index (χ1) is 11.0. The van der Waals surface area contributed by atoms with Crippen molar-refractivity contribution in [2.45, 2.75) is 18.9 Å². The summed E-state index contributed by atoms with van der Waals surface area (Å²) in [6, 6.07) is 8.49. The Labute approximate surface area is 143 Å². The molecule has 0 aliphatic heterocycles. The summed E-state index contributed by atoms with van der Waals surface area (Å²) in [5, 5.41) is 5.76. The second kappa shape index (κ2) is 11.1. The Bertz CT molecular complexity index is 480. The number of nitrogens with one attached hydrogen (secondary N) is 2. The molecule has 0 radical (unpaired) electrons. The van der Waals surface area contributed by atoms with Gasteiger partial charge in [-0.25, -0.2) is 0 Å². The lowest BCUT2D eigenvalue weighted by Crippen LogP contribution is -2.47. The average molecular weight is 337 g/mol. The number of nitrogens with zero attached hydrogens (tertiary/aromatic N) is 1. The molecule has 0 heterocycles. The van der Waals surface area contributed by atoms with Gasteiger partial charge in [0.1, 0.15) is 6.04 Å². The van der Waals surface area contributed by atoms with Crippen LogP contribution in [0.4, 0.5) is 0 Å². The van der Waals surface area contributed by atoms with Crippen LogP contribution < -0.4 is 10.6 Å². The normalized spacial score (nSPS) is 12.0. The van der Waals surface area contributed by atoms with Crippen molar-refractivity contribution in [3.63, 3.8) is 0 Å². The van der Waals surface area contributed by atoms with Crippen molar-refractivity contribution in [2.24, 2.45) is 0 Å². The number of carbonyl (C=O) groups excluding carboxylic acids is 2. The third-order valence-corrected chi connectivity index (χ3v) is 3.99. The van der Waals surface area contributed by atoms with Crippen molar-refractivity contribution in [2.75, 3.05) is 39.2 Å². The molecule has 128 valence electrons. The van der Waals surface area contributed by atoms with E-state index in [-0.39, 0.29) is 11.8 Å². The number of amides is 2. The fourth-order valence-electron chi connectivity index (χ4n) is 2.07. The fraction of sp³-hybridized carbons (Fsp3) is 0.529. The molecule has 1 rings (SSSR count). The molecule has 6 heteroatoms. The average Bonchev–Trinajstić information content (AvgIpc) is 2.55. The lowest BCUT2D eigenvalue weighted by Gasteiger charge is -2.18. The van der Waals surface area contributed by atoms with E-state index in [1.165, 1.54) is 0 Å². The molecule has 0 saturated carbocycles. The standard InChI is InChI=1S/C17H27N3O2S/c1-20(2)12-7-11-18-17(22)15(10-13-23-3)19-16(21)14-8-5-4-6-9-14/h4-6,8-9,15H,7,10-13H2,1-3H3,(H,18,22)(H,19,21). The quantitative estimate of drug-likeness (QED) is 0.637. The zero-order valence-electron chi connectivity index (χ0n) is 14.2. The van der Waals surface area contributed by atoms with Crippen molar-refractivity contribution in [3.05, 3.63) is 35.9 Å². The van der Waals surface area contributed by atoms with Gasteiger partial charge in [-0.1, -0.05) is 18.2 Å². The minimum atomic E-state index is -0.491. The van der Waals surface area contributed by atoms with Crippen LogP contribution in [0, 0.1) is 0 Å². The zero-order valence-corrected chi connectivity index (χ0v) is 15.0. The Morgan fingerprint density at radius 2 is 1.91 bits per heavy atom. The van der Waals surface area contributed by atoms with Crippen LogP contribution >= 0.6 is 11.8 Å². The summed E-state index contributed by atoms with van der Waals surface area (Å²) < 4.78 is 0. The first kappa shape index (κ1) is 19.5. The topological polar surface area (TPSA) is 61.4 Å². The summed E-state index contributed by atoms with van der Waals surface area (Å²) in [5.74, 6) is 0.507. The van der Waals surface area contributed by atoms with Crippen molar-refractivity contribution in [1.82, 2.24) is 15.5 Å². The summed E-state index contributed by atoms with van der Waals surface area (Å²) in [6.07, 6.45) is 3.50. The van der Waals surface area contributed by atoms with Gasteiger partial charge in [0.2, 0.25) is 5.91 Å². The summed E-state index contributed by atoms with van der Waals surface area (Å²) in [4.78, 5) is 26.6. The second-order valence-corrected chi connectivity index (χ2v) is 6.61. The van der Waals surface area contributed by atoms with Gasteiger partial charge in [0, 0.05) is 12.1 Å². The molecule has 23 heavy (non-hydrogen) atoms. The number of thioether (sulfide) groups is 1. The van der Waals surface area contributed by atoms with E-state index in [9.17, 15) is 9.59 Å². The maximum Gasteiger partial charge on any atom is 0.251 e. The van der Waals surface area contributed by atoms with Crippen molar-refractivity contribution < 1.29 is 9.59 Å². The van der Waals surface area contributed by atoms with E-state index >= 15 is 0 Å². The molecule has 0 aliphatic carbocycles. The van der Waals surface area contributed by atoms with Gasteiger partial charge in [-0.3, -0.25) is 9.59 Å². The first-order valence-corrected chi connectivity index (χ1v) is 9.21. The molecule has 2 N–H and O–H groups in total. The lowest BCUT2D eigenvalue weighted by atomic mass is 10.1. The van der Waals surface area contributed by atoms with Crippen LogP contribution in [0.1, 0.15) is 23.2 Å². The van der Waals surface area contributed by atoms with Crippen LogP contribution in [0.5, 0.6) is 0 Å². The maximum absolute atomic E-state index is 12.3. The Morgan fingerprint density at radius 1 is 1.22 bits per heavy atom. The molecule has 0 aromatic heterocycles. The molecular weight excluding hydrogens is 310 g/mol. The Morgan fingerprint density at radius 3 is 2.52 bits per heavy atom. The SMILES string of the molecule is CSCCC(NC(=O)c1ccccc1)C(=O)NCCCN(C)C. The van der Waals surface area contributed by atoms with Gasteiger partial charge in [-0.15, -0.1) is 0 Å². The summed E-state index contributed by atoms with van der Waals surface area (Å²) in [5.41, 5.74) is 0.571. The van der Waals surface area contributed by atoms with Gasteiger partial charge in [-0.2, -0.15) is 11.8 Å². The number of hydrogen-bond donors (Lipinski definition) is 2. The van der Waals surface area contributed by atoms with Gasteiger partial charge in [0.25, 0.3) is 5.91 Å². The van der Waals surface area contributed by atoms with E-state index in [0.717, 1.165) is 18.7 Å². The van der Waals surface area contributed by atoms with E-state index < -0.39 is 6.04 Å². The smallest absolute Gasteiger partial charge is 0.251 e. The van der Waals surface area contributed by atoms with Gasteiger partial charge < -0.3 is 15.5 Å². The Balaban J connectivity index is 2.53. The van der Waals surface area contributed by atoms with Crippen LogP contribution in [0.2, 0.25) is 0 Å². The summed E-state index contributed by atoms with van der Waals surface area (Å²) >= 11 is 1.66. The van der Waals surface area contributed by atoms with Crippen LogP contribution in [-0.4, -0.2) is 61.9 Å². The molecule has 0 fully saturated rings. The van der Waals surface area contributed by atoms with Crippen LogP contribution in [-0.2, 0) is 4.79 Å². The van der Waals surface area contributed by atoms with Crippen molar-refractivity contribution in [3.8, 4) is 0 Å². The second-order valence-electron chi connectivity index (χ2n) is 5.62. The highest BCUT2D eigenvalue weighted by Gasteiger charge is 2.20. The summed E-state index contributed by atoms with van der Waals surface area (Å²) in [6.45, 7) is 1.54. The molecule has 0 bridgehead atoms. The Kier molecular flexibility index (Phi) is 9.40. The molecule has 5 nitrogen and oxygen atoms in total. The van der Waals surface area contributed by atoms with Crippen LogP contribution in [0.3, 0.4) is 0 Å². The van der Waals surface area contributed by atoms with E-state index in [2.05, 4.69) is 15.5 Å². The highest BCUT2D eigenvalue weighted by atomic mass is 32.2. The molecular formula is C17H27N3O2S. The molecule has 0 spiro atoms. The highest BCUT2D eigenvalue weighted by Crippen LogP contribution is 2.04. The van der Waals surface area contributed by atoms with E-state index in [1.807, 2.05) is 38.6 Å². The molecule has 0 aliphatic rings. The Hall–Kier alpha value is -1.53. The predicted octanol–water partition coefficient (Wildman–Crippen LogP) is 1.61. The number of carbonyl (C=O) groups is 2. The monoisotopic (exact) mass is 337 g/mol. The van der Waals surface area contributed by atoms with E-state index in [4.69, 9.17) is 0 Å².